The van der Waals surface area contributed by atoms with Crippen molar-refractivity contribution in [2.24, 2.45) is 5.73 Å². The van der Waals surface area contributed by atoms with E-state index in [1.165, 1.54) is 0 Å². The van der Waals surface area contributed by atoms with Crippen molar-refractivity contribution < 1.29 is 4.79 Å². The molecule has 0 aliphatic carbocycles. The van der Waals surface area contributed by atoms with Crippen molar-refractivity contribution in [1.82, 2.24) is 14.8 Å². The Morgan fingerprint density at radius 2 is 2.05 bits per heavy atom. The van der Waals surface area contributed by atoms with Crippen LogP contribution >= 0.6 is 11.3 Å². The van der Waals surface area contributed by atoms with Gasteiger partial charge in [0.25, 0.3) is 0 Å². The predicted octanol–water partition coefficient (Wildman–Crippen LogP) is 1.61. The topological polar surface area (TPSA) is 62.5 Å². The molecule has 6 heteroatoms. The van der Waals surface area contributed by atoms with Gasteiger partial charge in [-0.25, -0.2) is 4.98 Å². The van der Waals surface area contributed by atoms with Crippen LogP contribution < -0.4 is 5.73 Å². The number of carbonyl (C=O) groups excluding carboxylic acids is 1. The highest BCUT2D eigenvalue weighted by Gasteiger charge is 2.21. The highest BCUT2D eigenvalue weighted by atomic mass is 32.1. The lowest BCUT2D eigenvalue weighted by Gasteiger charge is -2.34. The van der Waals surface area contributed by atoms with Gasteiger partial charge in [0.1, 0.15) is 0 Å². The van der Waals surface area contributed by atoms with Gasteiger partial charge in [-0.3, -0.25) is 9.69 Å². The van der Waals surface area contributed by atoms with E-state index in [0.29, 0.717) is 12.3 Å². The molecule has 5 nitrogen and oxygen atoms in total. The van der Waals surface area contributed by atoms with Crippen LogP contribution in [-0.2, 0) is 11.3 Å². The predicted molar refractivity (Wildman–Crippen MR) is 86.2 cm³/mol. The van der Waals surface area contributed by atoms with Crippen LogP contribution in [0, 0.1) is 6.92 Å². The maximum absolute atomic E-state index is 12.1. The van der Waals surface area contributed by atoms with E-state index in [2.05, 4.69) is 15.3 Å². The number of hydrogen-bond donors (Lipinski definition) is 1. The number of thiazole rings is 1. The van der Waals surface area contributed by atoms with Gasteiger partial charge in [-0.15, -0.1) is 11.3 Å². The van der Waals surface area contributed by atoms with Crippen molar-refractivity contribution in [2.75, 3.05) is 32.7 Å². The number of nitrogens with two attached hydrogens (primary N) is 1. The fourth-order valence-electron chi connectivity index (χ4n) is 2.62. The summed E-state index contributed by atoms with van der Waals surface area (Å²) in [7, 11) is 0. The Morgan fingerprint density at radius 3 is 2.67 bits per heavy atom. The Kier molecular flexibility index (Phi) is 6.60. The molecular weight excluding hydrogens is 284 g/mol. The zero-order chi connectivity index (χ0) is 15.1. The molecule has 1 aliphatic rings. The minimum Gasteiger partial charge on any atom is -0.340 e. The van der Waals surface area contributed by atoms with Crippen LogP contribution in [0.25, 0.3) is 0 Å². The molecule has 2 rings (SSSR count). The Labute approximate surface area is 131 Å². The molecule has 1 fully saturated rings. The van der Waals surface area contributed by atoms with Crippen LogP contribution in [0.5, 0.6) is 0 Å². The van der Waals surface area contributed by atoms with Gasteiger partial charge in [-0.05, 0) is 26.3 Å². The Hall–Kier alpha value is -0.980. The van der Waals surface area contributed by atoms with Crippen molar-refractivity contribution in [3.63, 3.8) is 0 Å². The minimum atomic E-state index is 0.302. The van der Waals surface area contributed by atoms with E-state index < -0.39 is 0 Å². The van der Waals surface area contributed by atoms with Gasteiger partial charge in [0.2, 0.25) is 5.91 Å². The first-order valence-corrected chi connectivity index (χ1v) is 8.68. The molecular formula is C15H26N4OS. The summed E-state index contributed by atoms with van der Waals surface area (Å²) < 4.78 is 0. The van der Waals surface area contributed by atoms with Crippen LogP contribution in [0.15, 0.2) is 5.38 Å². The van der Waals surface area contributed by atoms with E-state index in [9.17, 15) is 4.79 Å². The average Bonchev–Trinajstić information content (AvgIpc) is 2.89. The smallest absolute Gasteiger partial charge is 0.222 e. The zero-order valence-corrected chi connectivity index (χ0v) is 13.7. The fourth-order valence-corrected chi connectivity index (χ4v) is 3.22. The Balaban J connectivity index is 1.66. The first kappa shape index (κ1) is 16.4. The summed E-state index contributed by atoms with van der Waals surface area (Å²) in [6.07, 6.45) is 3.72. The number of carbonyl (C=O) groups is 1. The van der Waals surface area contributed by atoms with Gasteiger partial charge in [-0.2, -0.15) is 0 Å². The summed E-state index contributed by atoms with van der Waals surface area (Å²) in [5.41, 5.74) is 6.61. The molecule has 0 unspecified atom stereocenters. The summed E-state index contributed by atoms with van der Waals surface area (Å²) in [6.45, 7) is 7.26. The summed E-state index contributed by atoms with van der Waals surface area (Å²) in [5.74, 6) is 0.302. The number of amides is 1. The van der Waals surface area contributed by atoms with Gasteiger partial charge in [0.05, 0.1) is 10.7 Å². The third-order valence-corrected chi connectivity index (χ3v) is 4.69. The van der Waals surface area contributed by atoms with E-state index in [4.69, 9.17) is 5.73 Å². The molecule has 0 radical (unpaired) electrons. The normalized spacial score (nSPS) is 16.4. The Bertz CT molecular complexity index is 441. The molecule has 118 valence electrons. The second-order valence-electron chi connectivity index (χ2n) is 5.61. The largest absolute Gasteiger partial charge is 0.340 e. The third kappa shape index (κ3) is 5.37. The summed E-state index contributed by atoms with van der Waals surface area (Å²) >= 11 is 1.70. The number of aromatic nitrogens is 1. The quantitative estimate of drug-likeness (QED) is 0.777. The summed E-state index contributed by atoms with van der Waals surface area (Å²) in [5, 5.41) is 3.25. The van der Waals surface area contributed by atoms with Crippen LogP contribution in [0.4, 0.5) is 0 Å². The molecule has 0 saturated carbocycles. The summed E-state index contributed by atoms with van der Waals surface area (Å²) in [4.78, 5) is 21.0. The van der Waals surface area contributed by atoms with Gasteiger partial charge < -0.3 is 10.6 Å². The van der Waals surface area contributed by atoms with Crippen LogP contribution in [0.3, 0.4) is 0 Å². The number of rotatable bonds is 7. The van der Waals surface area contributed by atoms with Crippen LogP contribution in [0.2, 0.25) is 0 Å². The molecule has 1 saturated heterocycles. The number of unbranched alkanes of at least 4 members (excludes halogenated alkanes) is 2. The average molecular weight is 310 g/mol. The van der Waals surface area contributed by atoms with Crippen LogP contribution in [-0.4, -0.2) is 53.4 Å². The number of nitrogens with zero attached hydrogens (tertiary/aromatic N) is 3. The first-order chi connectivity index (χ1) is 10.2. The van der Waals surface area contributed by atoms with E-state index in [1.54, 1.807) is 11.3 Å². The Morgan fingerprint density at radius 1 is 1.29 bits per heavy atom. The molecule has 0 atom stereocenters. The van der Waals surface area contributed by atoms with Crippen molar-refractivity contribution in [3.05, 3.63) is 16.1 Å². The highest BCUT2D eigenvalue weighted by Crippen LogP contribution is 2.13. The maximum Gasteiger partial charge on any atom is 0.222 e. The van der Waals surface area contributed by atoms with Gasteiger partial charge in [0, 0.05) is 44.5 Å². The van der Waals surface area contributed by atoms with Crippen molar-refractivity contribution in [2.45, 2.75) is 39.2 Å². The molecule has 1 aromatic heterocycles. The molecule has 0 spiro atoms. The molecule has 0 bridgehead atoms. The molecule has 2 heterocycles. The van der Waals surface area contributed by atoms with Crippen molar-refractivity contribution >= 4 is 17.2 Å². The molecule has 1 amide bonds. The standard InChI is InChI=1S/C15H26N4OS/c1-13-17-14(12-21-13)11-18-7-9-19(10-8-18)15(20)5-3-2-4-6-16/h12H,2-11,16H2,1H3. The fraction of sp³-hybridized carbons (Fsp3) is 0.733. The number of piperazine rings is 1. The highest BCUT2D eigenvalue weighted by molar-refractivity contribution is 7.09. The van der Waals surface area contributed by atoms with Crippen molar-refractivity contribution in [3.8, 4) is 0 Å². The van der Waals surface area contributed by atoms with Crippen molar-refractivity contribution in [1.29, 1.82) is 0 Å². The first-order valence-electron chi connectivity index (χ1n) is 7.80. The lowest BCUT2D eigenvalue weighted by molar-refractivity contribution is -0.133. The lowest BCUT2D eigenvalue weighted by atomic mass is 10.1. The van der Waals surface area contributed by atoms with Gasteiger partial charge >= 0.3 is 0 Å². The minimum absolute atomic E-state index is 0.302. The van der Waals surface area contributed by atoms with E-state index in [0.717, 1.165) is 69.2 Å². The second-order valence-corrected chi connectivity index (χ2v) is 6.68. The molecule has 2 N–H and O–H groups in total. The third-order valence-electron chi connectivity index (χ3n) is 3.87. The van der Waals surface area contributed by atoms with E-state index in [1.807, 2.05) is 11.8 Å². The van der Waals surface area contributed by atoms with Gasteiger partial charge in [0.15, 0.2) is 0 Å². The van der Waals surface area contributed by atoms with Gasteiger partial charge in [-0.1, -0.05) is 6.42 Å². The SMILES string of the molecule is Cc1nc(CN2CCN(C(=O)CCCCCN)CC2)cs1. The lowest BCUT2D eigenvalue weighted by Crippen LogP contribution is -2.48. The number of aryl methyl sites for hydroxylation is 1. The summed E-state index contributed by atoms with van der Waals surface area (Å²) in [6, 6.07) is 0. The monoisotopic (exact) mass is 310 g/mol. The van der Waals surface area contributed by atoms with E-state index >= 15 is 0 Å². The molecule has 0 aromatic carbocycles. The van der Waals surface area contributed by atoms with E-state index in [-0.39, 0.29) is 0 Å². The van der Waals surface area contributed by atoms with Crippen LogP contribution in [0.1, 0.15) is 36.4 Å². The second kappa shape index (κ2) is 8.46. The maximum atomic E-state index is 12.1. The molecule has 1 aliphatic heterocycles. The number of hydrogen-bond acceptors (Lipinski definition) is 5. The molecule has 21 heavy (non-hydrogen) atoms. The zero-order valence-electron chi connectivity index (χ0n) is 12.9. The molecule has 1 aromatic rings.